The van der Waals surface area contributed by atoms with Crippen LogP contribution in [0.15, 0.2) is 48.5 Å². The van der Waals surface area contributed by atoms with Gasteiger partial charge >= 0.3 is 5.97 Å². The molecule has 1 aliphatic heterocycles. The van der Waals surface area contributed by atoms with E-state index in [-0.39, 0.29) is 11.1 Å². The first-order chi connectivity index (χ1) is 14.5. The zero-order valence-corrected chi connectivity index (χ0v) is 16.7. The molecule has 3 aromatic carbocycles. The van der Waals surface area contributed by atoms with Crippen LogP contribution in [0, 0.1) is 0 Å². The number of rotatable bonds is 5. The van der Waals surface area contributed by atoms with E-state index in [0.717, 1.165) is 4.90 Å². The molecular formula is C23H19NO6. The first-order valence-electron chi connectivity index (χ1n) is 9.40. The fourth-order valence-electron chi connectivity index (χ4n) is 3.67. The summed E-state index contributed by atoms with van der Waals surface area (Å²) in [5.41, 5.74) is 0.709. The molecule has 0 spiro atoms. The predicted molar refractivity (Wildman–Crippen MR) is 111 cm³/mol. The minimum Gasteiger partial charge on any atom is -0.495 e. The van der Waals surface area contributed by atoms with E-state index in [2.05, 4.69) is 0 Å². The Bertz CT molecular complexity index is 1180. The zero-order chi connectivity index (χ0) is 21.4. The van der Waals surface area contributed by atoms with Gasteiger partial charge in [-0.15, -0.1) is 0 Å². The number of amides is 2. The van der Waals surface area contributed by atoms with Crippen molar-refractivity contribution in [2.45, 2.75) is 13.8 Å². The fourth-order valence-corrected chi connectivity index (χ4v) is 3.67. The number of carbonyl (C=O) groups is 3. The van der Waals surface area contributed by atoms with Crippen molar-refractivity contribution in [3.05, 3.63) is 59.7 Å². The summed E-state index contributed by atoms with van der Waals surface area (Å²) in [4.78, 5) is 38.9. The van der Waals surface area contributed by atoms with Crippen molar-refractivity contribution >= 4 is 34.2 Å². The highest BCUT2D eigenvalue weighted by Crippen LogP contribution is 2.45. The van der Waals surface area contributed by atoms with Gasteiger partial charge in [0.1, 0.15) is 17.2 Å². The Morgan fingerprint density at radius 1 is 0.900 bits per heavy atom. The van der Waals surface area contributed by atoms with Gasteiger partial charge in [0.05, 0.1) is 30.5 Å². The van der Waals surface area contributed by atoms with Crippen LogP contribution in [-0.4, -0.2) is 31.5 Å². The van der Waals surface area contributed by atoms with Crippen LogP contribution in [0.25, 0.3) is 10.8 Å². The lowest BCUT2D eigenvalue weighted by atomic mass is 9.99. The molecule has 152 valence electrons. The first-order valence-corrected chi connectivity index (χ1v) is 9.40. The molecule has 1 aliphatic rings. The van der Waals surface area contributed by atoms with Gasteiger partial charge in [-0.05, 0) is 31.2 Å². The summed E-state index contributed by atoms with van der Waals surface area (Å²) in [6.45, 7) is 3.45. The van der Waals surface area contributed by atoms with E-state index in [1.165, 1.54) is 26.2 Å². The Morgan fingerprint density at radius 3 is 2.00 bits per heavy atom. The fraction of sp³-hybridized carbons (Fsp3) is 0.174. The topological polar surface area (TPSA) is 82.1 Å². The largest absolute Gasteiger partial charge is 0.495 e. The molecule has 0 N–H and O–H groups in total. The van der Waals surface area contributed by atoms with Gasteiger partial charge in [0.15, 0.2) is 0 Å². The molecule has 7 nitrogen and oxygen atoms in total. The van der Waals surface area contributed by atoms with E-state index < -0.39 is 17.8 Å². The maximum absolute atomic E-state index is 13.4. The van der Waals surface area contributed by atoms with E-state index in [1.54, 1.807) is 12.1 Å². The van der Waals surface area contributed by atoms with E-state index in [0.29, 0.717) is 40.3 Å². The highest BCUT2D eigenvalue weighted by Gasteiger charge is 2.43. The molecule has 30 heavy (non-hydrogen) atoms. The minimum absolute atomic E-state index is 0.175. The van der Waals surface area contributed by atoms with E-state index >= 15 is 0 Å². The number of carbonyl (C=O) groups excluding carboxylic acids is 3. The number of hydrogen-bond acceptors (Lipinski definition) is 6. The minimum atomic E-state index is -0.501. The summed E-state index contributed by atoms with van der Waals surface area (Å²) >= 11 is 0. The third-order valence-corrected chi connectivity index (χ3v) is 4.80. The average molecular weight is 405 g/mol. The van der Waals surface area contributed by atoms with Crippen LogP contribution >= 0.6 is 0 Å². The molecule has 0 saturated carbocycles. The van der Waals surface area contributed by atoms with Crippen LogP contribution in [0.1, 0.15) is 34.6 Å². The maximum Gasteiger partial charge on any atom is 0.308 e. The van der Waals surface area contributed by atoms with Gasteiger partial charge in [0, 0.05) is 17.7 Å². The Labute approximate surface area is 172 Å². The van der Waals surface area contributed by atoms with Crippen LogP contribution < -0.4 is 19.1 Å². The van der Waals surface area contributed by atoms with Gasteiger partial charge in [-0.1, -0.05) is 24.3 Å². The van der Waals surface area contributed by atoms with Crippen LogP contribution in [0.4, 0.5) is 5.69 Å². The average Bonchev–Trinajstić information content (AvgIpc) is 2.99. The maximum atomic E-state index is 13.4. The summed E-state index contributed by atoms with van der Waals surface area (Å²) in [5, 5.41) is 1.39. The number of hydrogen-bond donors (Lipinski definition) is 0. The number of methoxy groups -OCH3 is 1. The van der Waals surface area contributed by atoms with Gasteiger partial charge < -0.3 is 14.2 Å². The normalized spacial score (nSPS) is 12.8. The van der Waals surface area contributed by atoms with Gasteiger partial charge in [-0.25, -0.2) is 4.90 Å². The molecule has 3 aromatic rings. The monoisotopic (exact) mass is 405 g/mol. The molecule has 0 aromatic heterocycles. The number of imide groups is 1. The quantitative estimate of drug-likeness (QED) is 0.363. The summed E-state index contributed by atoms with van der Waals surface area (Å²) in [6, 6.07) is 13.5. The Morgan fingerprint density at radius 2 is 1.47 bits per heavy atom. The van der Waals surface area contributed by atoms with Crippen molar-refractivity contribution in [1.82, 2.24) is 0 Å². The SMILES string of the molecule is CCOc1c2c(c(OC)c3ccccc13)C(=O)N(c1ccc(OC(C)=O)cc1)C2=O. The van der Waals surface area contributed by atoms with Crippen LogP contribution in [0.2, 0.25) is 0 Å². The van der Waals surface area contributed by atoms with Gasteiger partial charge in [-0.2, -0.15) is 0 Å². The smallest absolute Gasteiger partial charge is 0.308 e. The Kier molecular flexibility index (Phi) is 4.87. The van der Waals surface area contributed by atoms with E-state index in [1.807, 2.05) is 31.2 Å². The number of ether oxygens (including phenoxy) is 3. The summed E-state index contributed by atoms with van der Waals surface area (Å²) in [7, 11) is 1.47. The van der Waals surface area contributed by atoms with Crippen LogP contribution in [-0.2, 0) is 4.79 Å². The number of fused-ring (bicyclic) bond motifs is 2. The zero-order valence-electron chi connectivity index (χ0n) is 16.7. The lowest BCUT2D eigenvalue weighted by Crippen LogP contribution is -2.29. The molecule has 0 radical (unpaired) electrons. The van der Waals surface area contributed by atoms with E-state index in [9.17, 15) is 14.4 Å². The van der Waals surface area contributed by atoms with Crippen molar-refractivity contribution < 1.29 is 28.6 Å². The highest BCUT2D eigenvalue weighted by atomic mass is 16.5. The van der Waals surface area contributed by atoms with Crippen molar-refractivity contribution in [3.63, 3.8) is 0 Å². The molecule has 0 fully saturated rings. The van der Waals surface area contributed by atoms with E-state index in [4.69, 9.17) is 14.2 Å². The molecule has 2 amide bonds. The van der Waals surface area contributed by atoms with Crippen molar-refractivity contribution in [1.29, 1.82) is 0 Å². The predicted octanol–water partition coefficient (Wildman–Crippen LogP) is 3.97. The molecule has 7 heteroatoms. The summed E-state index contributed by atoms with van der Waals surface area (Å²) in [6.07, 6.45) is 0. The lowest BCUT2D eigenvalue weighted by molar-refractivity contribution is -0.131. The van der Waals surface area contributed by atoms with Gasteiger partial charge in [0.25, 0.3) is 11.8 Å². The second-order valence-electron chi connectivity index (χ2n) is 6.62. The van der Waals surface area contributed by atoms with Crippen molar-refractivity contribution in [2.24, 2.45) is 0 Å². The molecule has 0 unspecified atom stereocenters. The molecule has 1 heterocycles. The number of esters is 1. The molecule has 4 rings (SSSR count). The van der Waals surface area contributed by atoms with Crippen molar-refractivity contribution in [3.8, 4) is 17.2 Å². The molecular weight excluding hydrogens is 386 g/mol. The third kappa shape index (κ3) is 2.95. The first kappa shape index (κ1) is 19.4. The van der Waals surface area contributed by atoms with Crippen LogP contribution in [0.5, 0.6) is 17.2 Å². The molecule has 0 saturated heterocycles. The molecule has 0 atom stereocenters. The standard InChI is InChI=1S/C23H19NO6/c1-4-29-21-17-8-6-5-7-16(17)20(28-3)18-19(21)23(27)24(22(18)26)14-9-11-15(12-10-14)30-13(2)25/h5-12H,4H2,1-3H3. The van der Waals surface area contributed by atoms with Gasteiger partial charge in [0.2, 0.25) is 0 Å². The third-order valence-electron chi connectivity index (χ3n) is 4.80. The number of benzene rings is 3. The Hall–Kier alpha value is -3.87. The molecule has 0 bridgehead atoms. The lowest BCUT2D eigenvalue weighted by Gasteiger charge is -2.15. The number of anilines is 1. The second-order valence-corrected chi connectivity index (χ2v) is 6.62. The molecule has 0 aliphatic carbocycles. The number of nitrogens with zero attached hydrogens (tertiary/aromatic N) is 1. The van der Waals surface area contributed by atoms with Crippen LogP contribution in [0.3, 0.4) is 0 Å². The van der Waals surface area contributed by atoms with Crippen molar-refractivity contribution in [2.75, 3.05) is 18.6 Å². The highest BCUT2D eigenvalue weighted by molar-refractivity contribution is 6.38. The second kappa shape index (κ2) is 7.51. The Balaban J connectivity index is 1.89. The summed E-state index contributed by atoms with van der Waals surface area (Å²) in [5.74, 6) is -0.438. The summed E-state index contributed by atoms with van der Waals surface area (Å²) < 4.78 is 16.4. The van der Waals surface area contributed by atoms with Gasteiger partial charge in [-0.3, -0.25) is 14.4 Å².